The highest BCUT2D eigenvalue weighted by Gasteiger charge is 2.29. The fourth-order valence-corrected chi connectivity index (χ4v) is 5.02. The summed E-state index contributed by atoms with van der Waals surface area (Å²) in [5, 5.41) is 11.8. The van der Waals surface area contributed by atoms with Crippen LogP contribution in [0.1, 0.15) is 22.3 Å². The van der Waals surface area contributed by atoms with Crippen molar-refractivity contribution in [2.24, 2.45) is 11.7 Å². The first-order valence-electron chi connectivity index (χ1n) is 11.5. The molecule has 7 nitrogen and oxygen atoms in total. The molecule has 4 aromatic rings. The van der Waals surface area contributed by atoms with Crippen molar-refractivity contribution in [1.82, 2.24) is 4.57 Å². The van der Waals surface area contributed by atoms with Crippen LogP contribution in [0.2, 0.25) is 0 Å². The van der Waals surface area contributed by atoms with Gasteiger partial charge in [-0.15, -0.1) is 0 Å². The lowest BCUT2D eigenvalue weighted by Gasteiger charge is -2.25. The lowest BCUT2D eigenvalue weighted by Crippen LogP contribution is -2.25. The number of benzene rings is 3. The first kappa shape index (κ1) is 22.9. The van der Waals surface area contributed by atoms with E-state index in [4.69, 9.17) is 10.5 Å². The zero-order valence-electron chi connectivity index (χ0n) is 19.3. The number of anilines is 1. The second-order valence-electron chi connectivity index (χ2n) is 8.96. The second kappa shape index (κ2) is 9.03. The van der Waals surface area contributed by atoms with Crippen LogP contribution in [0.3, 0.4) is 0 Å². The molecule has 180 valence electrons. The first-order valence-corrected chi connectivity index (χ1v) is 11.5. The molecule has 5 rings (SSSR count). The Kier molecular flexibility index (Phi) is 5.90. The molecule has 0 amide bonds. The molecule has 1 saturated heterocycles. The molecule has 1 atom stereocenters. The first-order chi connectivity index (χ1) is 16.9. The Balaban J connectivity index is 1.74. The molecular formula is C27H26FN3O4. The van der Waals surface area contributed by atoms with E-state index in [1.54, 1.807) is 4.57 Å². The van der Waals surface area contributed by atoms with Crippen molar-refractivity contribution in [3.05, 3.63) is 81.9 Å². The fraction of sp³-hybridized carbons (Fsp3) is 0.259. The van der Waals surface area contributed by atoms with Gasteiger partial charge in [0.1, 0.15) is 11.3 Å². The van der Waals surface area contributed by atoms with Gasteiger partial charge in [0.05, 0.1) is 18.0 Å². The van der Waals surface area contributed by atoms with Gasteiger partial charge in [0.2, 0.25) is 5.43 Å². The molecule has 1 fully saturated rings. The molecule has 0 saturated carbocycles. The van der Waals surface area contributed by atoms with E-state index in [1.165, 1.54) is 13.3 Å². The van der Waals surface area contributed by atoms with E-state index in [0.717, 1.165) is 28.8 Å². The molecule has 0 radical (unpaired) electrons. The van der Waals surface area contributed by atoms with E-state index in [0.29, 0.717) is 25.2 Å². The van der Waals surface area contributed by atoms with Crippen LogP contribution in [0.5, 0.6) is 5.75 Å². The minimum Gasteiger partial charge on any atom is -0.492 e. The van der Waals surface area contributed by atoms with E-state index in [1.807, 2.05) is 47.4 Å². The number of fused-ring (bicyclic) bond motifs is 2. The average Bonchev–Trinajstić information content (AvgIpc) is 3.33. The van der Waals surface area contributed by atoms with Crippen LogP contribution in [-0.4, -0.2) is 42.4 Å². The second-order valence-corrected chi connectivity index (χ2v) is 8.96. The predicted molar refractivity (Wildman–Crippen MR) is 134 cm³/mol. The molecule has 0 aliphatic carbocycles. The molecule has 0 bridgehead atoms. The van der Waals surface area contributed by atoms with Crippen LogP contribution in [0.4, 0.5) is 10.1 Å². The zero-order chi connectivity index (χ0) is 24.7. The summed E-state index contributed by atoms with van der Waals surface area (Å²) in [6.07, 6.45) is 2.15. The highest BCUT2D eigenvalue weighted by molar-refractivity contribution is 5.97. The molecule has 0 unspecified atom stereocenters. The Bertz CT molecular complexity index is 1510. The Morgan fingerprint density at radius 3 is 2.66 bits per heavy atom. The molecule has 1 aliphatic heterocycles. The smallest absolute Gasteiger partial charge is 0.341 e. The topological polar surface area (TPSA) is 97.8 Å². The number of carboxylic acids is 1. The maximum absolute atomic E-state index is 15.4. The maximum atomic E-state index is 15.4. The largest absolute Gasteiger partial charge is 0.492 e. The van der Waals surface area contributed by atoms with Crippen LogP contribution in [0.15, 0.2) is 59.5 Å². The summed E-state index contributed by atoms with van der Waals surface area (Å²) in [5.74, 6) is -1.53. The van der Waals surface area contributed by atoms with Gasteiger partial charge >= 0.3 is 5.97 Å². The molecule has 3 aromatic carbocycles. The van der Waals surface area contributed by atoms with Gasteiger partial charge in [-0.3, -0.25) is 4.79 Å². The number of hydrogen-bond donors (Lipinski definition) is 2. The number of methoxy groups -OCH3 is 1. The lowest BCUT2D eigenvalue weighted by atomic mass is 10.1. The number of hydrogen-bond acceptors (Lipinski definition) is 5. The Labute approximate surface area is 201 Å². The van der Waals surface area contributed by atoms with Crippen LogP contribution in [-0.2, 0) is 6.54 Å². The summed E-state index contributed by atoms with van der Waals surface area (Å²) in [6.45, 7) is 1.97. The summed E-state index contributed by atoms with van der Waals surface area (Å²) >= 11 is 0. The summed E-state index contributed by atoms with van der Waals surface area (Å²) in [4.78, 5) is 26.8. The third kappa shape index (κ3) is 4.00. The highest BCUT2D eigenvalue weighted by Crippen LogP contribution is 2.40. The molecule has 3 N–H and O–H groups in total. The molecule has 1 aliphatic rings. The Morgan fingerprint density at radius 1 is 1.20 bits per heavy atom. The molecule has 2 heterocycles. The summed E-state index contributed by atoms with van der Waals surface area (Å²) in [6, 6.07) is 15.0. The zero-order valence-corrected chi connectivity index (χ0v) is 19.3. The quantitative estimate of drug-likeness (QED) is 0.440. The van der Waals surface area contributed by atoms with Crippen LogP contribution in [0, 0.1) is 11.7 Å². The monoisotopic (exact) mass is 475 g/mol. The maximum Gasteiger partial charge on any atom is 0.341 e. The average molecular weight is 476 g/mol. The van der Waals surface area contributed by atoms with Crippen molar-refractivity contribution in [2.75, 3.05) is 31.6 Å². The van der Waals surface area contributed by atoms with Crippen molar-refractivity contribution < 1.29 is 19.0 Å². The number of carboxylic acid groups (broad SMARTS) is 1. The number of halogens is 1. The van der Waals surface area contributed by atoms with E-state index in [9.17, 15) is 14.7 Å². The number of rotatable bonds is 6. The van der Waals surface area contributed by atoms with Crippen molar-refractivity contribution in [3.63, 3.8) is 0 Å². The number of aromatic nitrogens is 1. The lowest BCUT2D eigenvalue weighted by molar-refractivity contribution is 0.0695. The molecule has 35 heavy (non-hydrogen) atoms. The molecule has 1 aromatic heterocycles. The van der Waals surface area contributed by atoms with Crippen molar-refractivity contribution in [1.29, 1.82) is 0 Å². The minimum atomic E-state index is -1.36. The van der Waals surface area contributed by atoms with Crippen molar-refractivity contribution in [2.45, 2.75) is 13.0 Å². The number of pyridine rings is 1. The van der Waals surface area contributed by atoms with Gasteiger partial charge in [-0.25, -0.2) is 9.18 Å². The summed E-state index contributed by atoms with van der Waals surface area (Å²) < 4.78 is 22.8. The Hall–Kier alpha value is -3.91. The molecule has 0 spiro atoms. The SMILES string of the molecule is COc1c(N2CC[C@@H](CN)C2)c(F)cc2c(=O)c(C(=O)O)cn(Cc3ccc4ccccc4c3)c12. The Morgan fingerprint density at radius 2 is 1.97 bits per heavy atom. The standard InChI is InChI=1S/C27H26FN3O4/c1-35-26-23-20(11-22(28)24(26)30-9-8-17(12-29)14-30)25(32)21(27(33)34)15-31(23)13-16-6-7-18-4-2-3-5-19(18)10-16/h2-7,10-11,15,17H,8-9,12-14,29H2,1H3,(H,33,34)/t17-/m0/s1. The van der Waals surface area contributed by atoms with Gasteiger partial charge in [-0.2, -0.15) is 0 Å². The summed E-state index contributed by atoms with van der Waals surface area (Å²) in [7, 11) is 1.43. The normalized spacial score (nSPS) is 15.7. The molecular weight excluding hydrogens is 449 g/mol. The van der Waals surface area contributed by atoms with Crippen molar-refractivity contribution >= 4 is 33.3 Å². The molecule has 8 heteroatoms. The van der Waals surface area contributed by atoms with Gasteiger partial charge in [0.25, 0.3) is 0 Å². The predicted octanol–water partition coefficient (Wildman–Crippen LogP) is 3.83. The number of ether oxygens (including phenoxy) is 1. The number of nitrogens with zero attached hydrogens (tertiary/aromatic N) is 2. The van der Waals surface area contributed by atoms with Crippen molar-refractivity contribution in [3.8, 4) is 5.75 Å². The third-order valence-corrected chi connectivity index (χ3v) is 6.78. The highest BCUT2D eigenvalue weighted by atomic mass is 19.1. The van der Waals surface area contributed by atoms with Gasteiger partial charge in [-0.1, -0.05) is 36.4 Å². The third-order valence-electron chi connectivity index (χ3n) is 6.78. The van der Waals surface area contributed by atoms with Gasteiger partial charge in [0.15, 0.2) is 11.6 Å². The van der Waals surface area contributed by atoms with Gasteiger partial charge in [0, 0.05) is 25.8 Å². The van der Waals surface area contributed by atoms with E-state index >= 15 is 4.39 Å². The van der Waals surface area contributed by atoms with E-state index in [2.05, 4.69) is 0 Å². The van der Waals surface area contributed by atoms with Crippen LogP contribution >= 0.6 is 0 Å². The summed E-state index contributed by atoms with van der Waals surface area (Å²) in [5.41, 5.74) is 6.21. The van der Waals surface area contributed by atoms with E-state index in [-0.39, 0.29) is 29.3 Å². The van der Waals surface area contributed by atoms with Crippen LogP contribution in [0.25, 0.3) is 21.7 Å². The number of aromatic carboxylic acids is 1. The number of carbonyl (C=O) groups is 1. The fourth-order valence-electron chi connectivity index (χ4n) is 5.02. The number of nitrogens with two attached hydrogens (primary N) is 1. The van der Waals surface area contributed by atoms with Gasteiger partial charge in [-0.05, 0) is 47.4 Å². The van der Waals surface area contributed by atoms with Crippen LogP contribution < -0.4 is 20.8 Å². The van der Waals surface area contributed by atoms with Gasteiger partial charge < -0.3 is 25.0 Å². The minimum absolute atomic E-state index is 0.0293. The van der Waals surface area contributed by atoms with E-state index < -0.39 is 22.8 Å².